The summed E-state index contributed by atoms with van der Waals surface area (Å²) in [4.78, 5) is 7.28. The van der Waals surface area contributed by atoms with E-state index in [0.29, 0.717) is 10.0 Å². The normalized spacial score (nSPS) is 11.1. The van der Waals surface area contributed by atoms with Crippen molar-refractivity contribution in [1.29, 1.82) is 0 Å². The highest BCUT2D eigenvalue weighted by atomic mass is 35.5. The lowest BCUT2D eigenvalue weighted by molar-refractivity contribution is 1.38. The fraction of sp³-hybridized carbons (Fsp3) is 0. The highest BCUT2D eigenvalue weighted by Crippen LogP contribution is 2.26. The summed E-state index contributed by atoms with van der Waals surface area (Å²) in [5, 5.41) is 1.05. The number of aliphatic imine (C=N–C) groups is 1. The third kappa shape index (κ3) is 2.61. The SMILES string of the molecule is Clc1ccc(N=Cc2ccc[nH]2)cc1Cl. The van der Waals surface area contributed by atoms with Crippen molar-refractivity contribution in [2.75, 3.05) is 0 Å². The minimum Gasteiger partial charge on any atom is -0.360 e. The Labute approximate surface area is 97.6 Å². The van der Waals surface area contributed by atoms with Crippen molar-refractivity contribution >= 4 is 35.1 Å². The van der Waals surface area contributed by atoms with Gasteiger partial charge in [-0.3, -0.25) is 4.99 Å². The molecule has 15 heavy (non-hydrogen) atoms. The molecule has 2 aromatic rings. The van der Waals surface area contributed by atoms with Gasteiger partial charge in [-0.2, -0.15) is 0 Å². The minimum absolute atomic E-state index is 0.512. The van der Waals surface area contributed by atoms with Gasteiger partial charge in [0.15, 0.2) is 0 Å². The molecule has 1 N–H and O–H groups in total. The number of hydrogen-bond donors (Lipinski definition) is 1. The maximum atomic E-state index is 5.86. The minimum atomic E-state index is 0.512. The second-order valence-electron chi connectivity index (χ2n) is 2.98. The summed E-state index contributed by atoms with van der Waals surface area (Å²) in [6, 6.07) is 9.11. The van der Waals surface area contributed by atoms with E-state index in [9.17, 15) is 0 Å². The maximum Gasteiger partial charge on any atom is 0.0646 e. The van der Waals surface area contributed by atoms with E-state index in [0.717, 1.165) is 11.4 Å². The smallest absolute Gasteiger partial charge is 0.0646 e. The lowest BCUT2D eigenvalue weighted by atomic mass is 10.3. The molecule has 0 unspecified atom stereocenters. The zero-order valence-corrected chi connectivity index (χ0v) is 9.26. The fourth-order valence-corrected chi connectivity index (χ4v) is 1.43. The lowest BCUT2D eigenvalue weighted by Crippen LogP contribution is -1.78. The van der Waals surface area contributed by atoms with Gasteiger partial charge in [-0.15, -0.1) is 0 Å². The third-order valence-electron chi connectivity index (χ3n) is 1.88. The molecule has 0 saturated heterocycles. The molecule has 2 rings (SSSR count). The van der Waals surface area contributed by atoms with Gasteiger partial charge in [-0.1, -0.05) is 23.2 Å². The molecule has 0 aliphatic heterocycles. The molecule has 0 aliphatic carbocycles. The van der Waals surface area contributed by atoms with Crippen LogP contribution >= 0.6 is 23.2 Å². The molecule has 0 radical (unpaired) electrons. The van der Waals surface area contributed by atoms with Crippen LogP contribution in [0.25, 0.3) is 0 Å². The number of nitrogens with one attached hydrogen (secondary N) is 1. The van der Waals surface area contributed by atoms with Crippen LogP contribution in [0.2, 0.25) is 10.0 Å². The molecule has 4 heteroatoms. The van der Waals surface area contributed by atoms with Crippen molar-refractivity contribution in [3.8, 4) is 0 Å². The van der Waals surface area contributed by atoms with E-state index in [4.69, 9.17) is 23.2 Å². The predicted octanol–water partition coefficient (Wildman–Crippen LogP) is 4.07. The van der Waals surface area contributed by atoms with Gasteiger partial charge in [0.2, 0.25) is 0 Å². The van der Waals surface area contributed by atoms with Crippen molar-refractivity contribution in [3.63, 3.8) is 0 Å². The summed E-state index contributed by atoms with van der Waals surface area (Å²) in [6.07, 6.45) is 3.58. The molecule has 0 amide bonds. The number of aromatic nitrogens is 1. The van der Waals surface area contributed by atoms with Crippen LogP contribution in [0.4, 0.5) is 5.69 Å². The zero-order chi connectivity index (χ0) is 10.7. The molecule has 2 nitrogen and oxygen atoms in total. The molecule has 0 aliphatic rings. The molecule has 0 bridgehead atoms. The predicted molar refractivity (Wildman–Crippen MR) is 64.5 cm³/mol. The Morgan fingerprint density at radius 2 is 2.00 bits per heavy atom. The Bertz CT molecular complexity index is 475. The number of benzene rings is 1. The molecule has 0 saturated carbocycles. The van der Waals surface area contributed by atoms with Gasteiger partial charge in [0.05, 0.1) is 27.6 Å². The van der Waals surface area contributed by atoms with Gasteiger partial charge in [0, 0.05) is 6.20 Å². The number of halogens is 2. The highest BCUT2D eigenvalue weighted by molar-refractivity contribution is 6.42. The fourth-order valence-electron chi connectivity index (χ4n) is 1.13. The van der Waals surface area contributed by atoms with E-state index in [2.05, 4.69) is 9.98 Å². The van der Waals surface area contributed by atoms with Gasteiger partial charge in [0.1, 0.15) is 0 Å². The Morgan fingerprint density at radius 1 is 1.13 bits per heavy atom. The van der Waals surface area contributed by atoms with E-state index >= 15 is 0 Å². The summed E-state index contributed by atoms with van der Waals surface area (Å²) in [6.45, 7) is 0. The molecule has 1 heterocycles. The average molecular weight is 239 g/mol. The molecular formula is C11H8Cl2N2. The molecular weight excluding hydrogens is 231 g/mol. The number of nitrogens with zero attached hydrogens (tertiary/aromatic N) is 1. The van der Waals surface area contributed by atoms with Gasteiger partial charge >= 0.3 is 0 Å². The number of hydrogen-bond acceptors (Lipinski definition) is 1. The first-order valence-electron chi connectivity index (χ1n) is 4.38. The van der Waals surface area contributed by atoms with Crippen LogP contribution in [-0.2, 0) is 0 Å². The Morgan fingerprint density at radius 3 is 2.67 bits per heavy atom. The molecule has 0 atom stereocenters. The van der Waals surface area contributed by atoms with Crippen molar-refractivity contribution < 1.29 is 0 Å². The largest absolute Gasteiger partial charge is 0.360 e. The summed E-state index contributed by atoms with van der Waals surface area (Å²) < 4.78 is 0. The van der Waals surface area contributed by atoms with Crippen LogP contribution in [0.3, 0.4) is 0 Å². The zero-order valence-electron chi connectivity index (χ0n) is 7.74. The van der Waals surface area contributed by atoms with Crippen molar-refractivity contribution in [2.24, 2.45) is 4.99 Å². The number of aromatic amines is 1. The molecule has 76 valence electrons. The van der Waals surface area contributed by atoms with Crippen LogP contribution in [0.5, 0.6) is 0 Å². The van der Waals surface area contributed by atoms with Crippen LogP contribution in [0.1, 0.15) is 5.69 Å². The third-order valence-corrected chi connectivity index (χ3v) is 2.62. The molecule has 0 spiro atoms. The quantitative estimate of drug-likeness (QED) is 0.765. The number of rotatable bonds is 2. The Balaban J connectivity index is 2.21. The summed E-state index contributed by atoms with van der Waals surface area (Å²) in [5.41, 5.74) is 1.72. The lowest BCUT2D eigenvalue weighted by Gasteiger charge is -1.96. The van der Waals surface area contributed by atoms with Crippen LogP contribution in [0, 0.1) is 0 Å². The monoisotopic (exact) mass is 238 g/mol. The van der Waals surface area contributed by atoms with E-state index in [1.54, 1.807) is 18.3 Å². The first kappa shape index (κ1) is 10.3. The van der Waals surface area contributed by atoms with E-state index in [-0.39, 0.29) is 0 Å². The topological polar surface area (TPSA) is 28.1 Å². The summed E-state index contributed by atoms with van der Waals surface area (Å²) in [5.74, 6) is 0. The van der Waals surface area contributed by atoms with Gasteiger partial charge in [-0.25, -0.2) is 0 Å². The molecule has 1 aromatic heterocycles. The van der Waals surface area contributed by atoms with Crippen LogP contribution in [-0.4, -0.2) is 11.2 Å². The van der Waals surface area contributed by atoms with E-state index in [1.807, 2.05) is 24.4 Å². The molecule has 1 aromatic carbocycles. The maximum absolute atomic E-state index is 5.86. The van der Waals surface area contributed by atoms with Gasteiger partial charge in [0.25, 0.3) is 0 Å². The van der Waals surface area contributed by atoms with Crippen molar-refractivity contribution in [1.82, 2.24) is 4.98 Å². The second-order valence-corrected chi connectivity index (χ2v) is 3.80. The summed E-state index contributed by atoms with van der Waals surface area (Å²) >= 11 is 11.7. The van der Waals surface area contributed by atoms with Crippen molar-refractivity contribution in [2.45, 2.75) is 0 Å². The standard InChI is InChI=1S/C11H8Cl2N2/c12-10-4-3-8(6-11(10)13)15-7-9-2-1-5-14-9/h1-7,14H. The van der Waals surface area contributed by atoms with E-state index in [1.165, 1.54) is 0 Å². The van der Waals surface area contributed by atoms with E-state index < -0.39 is 0 Å². The molecule has 0 fully saturated rings. The van der Waals surface area contributed by atoms with Crippen molar-refractivity contribution in [3.05, 3.63) is 52.3 Å². The number of H-pyrrole nitrogens is 1. The summed E-state index contributed by atoms with van der Waals surface area (Å²) in [7, 11) is 0. The highest BCUT2D eigenvalue weighted by Gasteiger charge is 1.97. The Kier molecular flexibility index (Phi) is 3.09. The second kappa shape index (κ2) is 4.51. The van der Waals surface area contributed by atoms with Gasteiger partial charge < -0.3 is 4.98 Å². The van der Waals surface area contributed by atoms with Crippen LogP contribution in [0.15, 0.2) is 41.5 Å². The van der Waals surface area contributed by atoms with Crippen LogP contribution < -0.4 is 0 Å². The first-order valence-corrected chi connectivity index (χ1v) is 5.14. The first-order chi connectivity index (χ1) is 7.25. The Hall–Kier alpha value is -1.25. The van der Waals surface area contributed by atoms with Gasteiger partial charge in [-0.05, 0) is 30.3 Å². The average Bonchev–Trinajstić information content (AvgIpc) is 2.73.